The van der Waals surface area contributed by atoms with E-state index < -0.39 is 33.5 Å². The number of amides is 1. The quantitative estimate of drug-likeness (QED) is 0.789. The number of carbonyl (C=O) groups is 2. The van der Waals surface area contributed by atoms with E-state index in [2.05, 4.69) is 0 Å². The minimum Gasteiger partial charge on any atom is -0.478 e. The summed E-state index contributed by atoms with van der Waals surface area (Å²) in [6, 6.07) is 2.20. The number of hydrogen-bond acceptors (Lipinski definition) is 5. The van der Waals surface area contributed by atoms with E-state index in [0.29, 0.717) is 0 Å². The van der Waals surface area contributed by atoms with Crippen molar-refractivity contribution in [1.82, 2.24) is 9.03 Å². The smallest absolute Gasteiger partial charge is 0.338 e. The van der Waals surface area contributed by atoms with Crippen LogP contribution in [0.4, 0.5) is 10.1 Å². The lowest BCUT2D eigenvalue weighted by Crippen LogP contribution is -2.40. The van der Waals surface area contributed by atoms with Crippen molar-refractivity contribution in [3.8, 4) is 0 Å². The first-order valence-corrected chi connectivity index (χ1v) is 9.66. The molecule has 0 radical (unpaired) electrons. The summed E-state index contributed by atoms with van der Waals surface area (Å²) in [5.41, 5.74) is -0.851. The summed E-state index contributed by atoms with van der Waals surface area (Å²) in [4.78, 5) is 25.6. The Bertz CT molecular complexity index is 851. The van der Waals surface area contributed by atoms with Crippen LogP contribution in [0.2, 0.25) is 0 Å². The predicted octanol–water partition coefficient (Wildman–Crippen LogP) is 1.19. The first kappa shape index (κ1) is 18.6. The zero-order valence-electron chi connectivity index (χ0n) is 14.4. The zero-order valence-corrected chi connectivity index (χ0v) is 15.2. The maximum Gasteiger partial charge on any atom is 0.338 e. The van der Waals surface area contributed by atoms with Crippen molar-refractivity contribution in [3.05, 3.63) is 29.1 Å². The Balaban J connectivity index is 2.09. The Labute approximate surface area is 150 Å². The highest BCUT2D eigenvalue weighted by molar-refractivity contribution is 7.87. The number of carboxylic acids is 1. The lowest BCUT2D eigenvalue weighted by atomic mass is 10.0. The van der Waals surface area contributed by atoms with Gasteiger partial charge < -0.3 is 10.0 Å². The Morgan fingerprint density at radius 3 is 2.12 bits per heavy atom. The number of hydrogen-bond donors (Lipinski definition) is 2. The summed E-state index contributed by atoms with van der Waals surface area (Å²) in [5, 5.41) is 9.21. The third kappa shape index (κ3) is 3.03. The molecule has 1 amide bonds. The highest BCUT2D eigenvalue weighted by Crippen LogP contribution is 2.43. The molecule has 2 N–H and O–H groups in total. The molecule has 1 aromatic carbocycles. The number of nitrogens with one attached hydrogen (secondary N) is 1. The number of anilines is 1. The first-order chi connectivity index (χ1) is 12.1. The van der Waals surface area contributed by atoms with E-state index in [4.69, 9.17) is 0 Å². The molecule has 26 heavy (non-hydrogen) atoms. The Morgan fingerprint density at radius 2 is 1.65 bits per heavy atom. The van der Waals surface area contributed by atoms with Gasteiger partial charge in [-0.2, -0.15) is 12.7 Å². The van der Waals surface area contributed by atoms with Crippen LogP contribution in [-0.2, 0) is 10.2 Å². The van der Waals surface area contributed by atoms with Crippen molar-refractivity contribution < 1.29 is 27.5 Å². The van der Waals surface area contributed by atoms with Gasteiger partial charge in [0.2, 0.25) is 0 Å². The molecule has 3 rings (SSSR count). The fourth-order valence-electron chi connectivity index (χ4n) is 3.71. The van der Waals surface area contributed by atoms with Crippen LogP contribution >= 0.6 is 0 Å². The summed E-state index contributed by atoms with van der Waals surface area (Å²) in [7, 11) is -1.55. The van der Waals surface area contributed by atoms with Gasteiger partial charge in [0, 0.05) is 26.2 Å². The van der Waals surface area contributed by atoms with Gasteiger partial charge >= 0.3 is 16.2 Å². The standard InChI is InChI=1S/C16H20FN3O5S/c1-19(2)26(24,25)18-15(21)12-8-7-11(16(22)23)13(17)14(12)20-9-3-4-10(20)6-5-9/h7-10H,3-6H2,1-2H3,(H,18,21)(H,22,23). The molecule has 0 aromatic heterocycles. The van der Waals surface area contributed by atoms with Crippen LogP contribution < -0.4 is 9.62 Å². The van der Waals surface area contributed by atoms with E-state index in [1.807, 2.05) is 4.72 Å². The van der Waals surface area contributed by atoms with Gasteiger partial charge in [0.05, 0.1) is 16.8 Å². The molecule has 8 nitrogen and oxygen atoms in total. The molecule has 0 saturated carbocycles. The second kappa shape index (κ2) is 6.51. The minimum absolute atomic E-state index is 0.0237. The van der Waals surface area contributed by atoms with Gasteiger partial charge in [-0.25, -0.2) is 13.9 Å². The largest absolute Gasteiger partial charge is 0.478 e. The third-order valence-electron chi connectivity index (χ3n) is 5.00. The van der Waals surface area contributed by atoms with Crippen molar-refractivity contribution in [2.75, 3.05) is 19.0 Å². The van der Waals surface area contributed by atoms with E-state index in [9.17, 15) is 27.5 Å². The molecule has 0 unspecified atom stereocenters. The Hall–Kier alpha value is -2.20. The van der Waals surface area contributed by atoms with Gasteiger partial charge in [-0.1, -0.05) is 0 Å². The van der Waals surface area contributed by atoms with Crippen LogP contribution in [-0.4, -0.2) is 55.9 Å². The minimum atomic E-state index is -4.06. The van der Waals surface area contributed by atoms with Gasteiger partial charge in [-0.15, -0.1) is 0 Å². The molecule has 10 heteroatoms. The van der Waals surface area contributed by atoms with Crippen LogP contribution in [0.3, 0.4) is 0 Å². The van der Waals surface area contributed by atoms with E-state index in [1.54, 1.807) is 4.90 Å². The zero-order chi connectivity index (χ0) is 19.2. The van der Waals surface area contributed by atoms with Crippen molar-refractivity contribution in [3.63, 3.8) is 0 Å². The second-order valence-corrected chi connectivity index (χ2v) is 8.60. The van der Waals surface area contributed by atoms with Gasteiger partial charge in [0.25, 0.3) is 5.91 Å². The summed E-state index contributed by atoms with van der Waals surface area (Å²) < 4.78 is 41.6. The average molecular weight is 385 g/mol. The lowest BCUT2D eigenvalue weighted by molar-refractivity contribution is 0.0691. The fourth-order valence-corrected chi connectivity index (χ4v) is 4.23. The molecule has 2 aliphatic heterocycles. The average Bonchev–Trinajstić information content (AvgIpc) is 3.13. The summed E-state index contributed by atoms with van der Waals surface area (Å²) in [5.74, 6) is -3.44. The molecule has 2 bridgehead atoms. The fraction of sp³-hybridized carbons (Fsp3) is 0.500. The number of nitrogens with zero attached hydrogens (tertiary/aromatic N) is 2. The van der Waals surface area contributed by atoms with Gasteiger partial charge in [-0.05, 0) is 37.8 Å². The van der Waals surface area contributed by atoms with Crippen molar-refractivity contribution in [2.45, 2.75) is 37.8 Å². The summed E-state index contributed by atoms with van der Waals surface area (Å²) in [6.07, 6.45) is 3.33. The predicted molar refractivity (Wildman–Crippen MR) is 92.0 cm³/mol. The lowest BCUT2D eigenvalue weighted by Gasteiger charge is -2.28. The van der Waals surface area contributed by atoms with E-state index in [-0.39, 0.29) is 23.3 Å². The SMILES string of the molecule is CN(C)S(=O)(=O)NC(=O)c1ccc(C(=O)O)c(F)c1N1C2CCC1CC2. The van der Waals surface area contributed by atoms with Gasteiger partial charge in [0.15, 0.2) is 5.82 Å². The van der Waals surface area contributed by atoms with Crippen LogP contribution in [0.15, 0.2) is 12.1 Å². The number of benzene rings is 1. The van der Waals surface area contributed by atoms with Gasteiger partial charge in [0.1, 0.15) is 0 Å². The molecule has 1 aromatic rings. The number of halogens is 1. The number of rotatable bonds is 5. The molecular formula is C16H20FN3O5S. The topological polar surface area (TPSA) is 107 Å². The molecule has 2 heterocycles. The van der Waals surface area contributed by atoms with Crippen molar-refractivity contribution in [2.24, 2.45) is 0 Å². The third-order valence-corrected chi connectivity index (χ3v) is 6.41. The Morgan fingerprint density at radius 1 is 1.15 bits per heavy atom. The molecule has 2 saturated heterocycles. The van der Waals surface area contributed by atoms with Crippen LogP contribution in [0.5, 0.6) is 0 Å². The molecule has 142 valence electrons. The van der Waals surface area contributed by atoms with Crippen LogP contribution in [0.25, 0.3) is 0 Å². The molecule has 0 atom stereocenters. The normalized spacial score (nSPS) is 22.1. The number of carboxylic acid groups (broad SMARTS) is 1. The maximum atomic E-state index is 15.0. The van der Waals surface area contributed by atoms with E-state index >= 15 is 0 Å². The number of carbonyl (C=O) groups excluding carboxylic acids is 1. The molecular weight excluding hydrogens is 365 g/mol. The van der Waals surface area contributed by atoms with Gasteiger partial charge in [-0.3, -0.25) is 4.79 Å². The maximum absolute atomic E-state index is 15.0. The van der Waals surface area contributed by atoms with Crippen molar-refractivity contribution in [1.29, 1.82) is 0 Å². The Kier molecular flexibility index (Phi) is 4.65. The molecule has 0 spiro atoms. The molecule has 2 fully saturated rings. The van der Waals surface area contributed by atoms with E-state index in [1.165, 1.54) is 20.2 Å². The monoisotopic (exact) mass is 385 g/mol. The summed E-state index contributed by atoms with van der Waals surface area (Å²) in [6.45, 7) is 0. The highest BCUT2D eigenvalue weighted by atomic mass is 32.2. The second-order valence-electron chi connectivity index (χ2n) is 6.72. The van der Waals surface area contributed by atoms with Crippen LogP contribution in [0, 0.1) is 5.82 Å². The molecule has 2 aliphatic rings. The summed E-state index contributed by atoms with van der Waals surface area (Å²) >= 11 is 0. The number of aromatic carboxylic acids is 1. The molecule has 0 aliphatic carbocycles. The van der Waals surface area contributed by atoms with Crippen LogP contribution in [0.1, 0.15) is 46.4 Å². The highest BCUT2D eigenvalue weighted by Gasteiger charge is 2.43. The first-order valence-electron chi connectivity index (χ1n) is 8.22. The van der Waals surface area contributed by atoms with E-state index in [0.717, 1.165) is 36.1 Å². The van der Waals surface area contributed by atoms with Crippen molar-refractivity contribution >= 4 is 27.8 Å². The number of fused-ring (bicyclic) bond motifs is 2.